The SMILES string of the molecule is O=C(O)c1sc(-c2ccc(Br)c(Br)c2)nc1C1CC1. The molecule has 1 saturated carbocycles. The number of carbonyl (C=O) groups is 1. The summed E-state index contributed by atoms with van der Waals surface area (Å²) < 4.78 is 1.90. The van der Waals surface area contributed by atoms with Crippen molar-refractivity contribution in [3.8, 4) is 10.6 Å². The fourth-order valence-corrected chi connectivity index (χ4v) is 3.48. The second-order valence-electron chi connectivity index (χ2n) is 4.44. The molecule has 98 valence electrons. The van der Waals surface area contributed by atoms with Crippen molar-refractivity contribution in [2.45, 2.75) is 18.8 Å². The third-order valence-electron chi connectivity index (χ3n) is 2.98. The second-order valence-corrected chi connectivity index (χ2v) is 7.15. The minimum absolute atomic E-state index is 0.343. The maximum atomic E-state index is 11.3. The first-order chi connectivity index (χ1) is 9.06. The Hall–Kier alpha value is -0.720. The number of hydrogen-bond donors (Lipinski definition) is 1. The summed E-state index contributed by atoms with van der Waals surface area (Å²) in [5.74, 6) is -0.531. The zero-order chi connectivity index (χ0) is 13.6. The van der Waals surface area contributed by atoms with E-state index in [1.54, 1.807) is 0 Å². The van der Waals surface area contributed by atoms with Crippen LogP contribution in [0.1, 0.15) is 34.1 Å². The molecule has 1 aliphatic rings. The number of aromatic carboxylic acids is 1. The maximum Gasteiger partial charge on any atom is 0.347 e. The molecule has 2 aromatic rings. The summed E-state index contributed by atoms with van der Waals surface area (Å²) in [6.07, 6.45) is 2.10. The zero-order valence-corrected chi connectivity index (χ0v) is 13.7. The largest absolute Gasteiger partial charge is 0.477 e. The molecule has 3 rings (SSSR count). The van der Waals surface area contributed by atoms with Crippen molar-refractivity contribution in [1.82, 2.24) is 4.98 Å². The summed E-state index contributed by atoms with van der Waals surface area (Å²) in [4.78, 5) is 16.2. The van der Waals surface area contributed by atoms with Crippen LogP contribution in [-0.4, -0.2) is 16.1 Å². The fourth-order valence-electron chi connectivity index (χ4n) is 1.87. The van der Waals surface area contributed by atoms with Crippen molar-refractivity contribution < 1.29 is 9.90 Å². The Morgan fingerprint density at radius 2 is 2.05 bits per heavy atom. The average Bonchev–Trinajstić information content (AvgIpc) is 3.11. The minimum Gasteiger partial charge on any atom is -0.477 e. The first-order valence-corrected chi connectivity index (χ1v) is 8.16. The van der Waals surface area contributed by atoms with Crippen molar-refractivity contribution in [1.29, 1.82) is 0 Å². The summed E-state index contributed by atoms with van der Waals surface area (Å²) in [5, 5.41) is 10.0. The predicted molar refractivity (Wildman–Crippen MR) is 81.9 cm³/mol. The van der Waals surface area contributed by atoms with Gasteiger partial charge in [-0.15, -0.1) is 11.3 Å². The van der Waals surface area contributed by atoms with Gasteiger partial charge in [-0.3, -0.25) is 0 Å². The fraction of sp³-hybridized carbons (Fsp3) is 0.231. The molecule has 1 aromatic heterocycles. The third kappa shape index (κ3) is 2.61. The molecule has 6 heteroatoms. The predicted octanol–water partition coefficient (Wildman–Crippen LogP) is 4.91. The zero-order valence-electron chi connectivity index (χ0n) is 9.69. The molecule has 0 atom stereocenters. The number of carboxylic acids is 1. The molecule has 1 fully saturated rings. The number of rotatable bonds is 3. The first kappa shape index (κ1) is 13.3. The Morgan fingerprint density at radius 3 is 2.63 bits per heavy atom. The third-order valence-corrected chi connectivity index (χ3v) is 5.97. The lowest BCUT2D eigenvalue weighted by molar-refractivity contribution is 0.0700. The molecule has 19 heavy (non-hydrogen) atoms. The maximum absolute atomic E-state index is 11.3. The summed E-state index contributed by atoms with van der Waals surface area (Å²) in [7, 11) is 0. The molecule has 1 N–H and O–H groups in total. The van der Waals surface area contributed by atoms with Gasteiger partial charge in [-0.2, -0.15) is 0 Å². The second kappa shape index (κ2) is 5.00. The van der Waals surface area contributed by atoms with Gasteiger partial charge in [0.1, 0.15) is 9.88 Å². The van der Waals surface area contributed by atoms with E-state index in [1.807, 2.05) is 18.2 Å². The lowest BCUT2D eigenvalue weighted by Gasteiger charge is -1.99. The van der Waals surface area contributed by atoms with Gasteiger partial charge >= 0.3 is 5.97 Å². The molecule has 0 radical (unpaired) electrons. The van der Waals surface area contributed by atoms with E-state index in [2.05, 4.69) is 36.8 Å². The van der Waals surface area contributed by atoms with Gasteiger partial charge in [0.15, 0.2) is 0 Å². The molecule has 1 aliphatic carbocycles. The first-order valence-electron chi connectivity index (χ1n) is 5.75. The summed E-state index contributed by atoms with van der Waals surface area (Å²) in [5.41, 5.74) is 1.70. The lowest BCUT2D eigenvalue weighted by Crippen LogP contribution is -1.97. The Bertz CT molecular complexity index is 665. The minimum atomic E-state index is -0.873. The van der Waals surface area contributed by atoms with Gasteiger partial charge in [0, 0.05) is 20.4 Å². The van der Waals surface area contributed by atoms with Gasteiger partial charge in [0.2, 0.25) is 0 Å². The van der Waals surface area contributed by atoms with Crippen molar-refractivity contribution in [2.24, 2.45) is 0 Å². The number of carboxylic acid groups (broad SMARTS) is 1. The van der Waals surface area contributed by atoms with Gasteiger partial charge in [0.05, 0.1) is 5.69 Å². The van der Waals surface area contributed by atoms with E-state index in [9.17, 15) is 9.90 Å². The van der Waals surface area contributed by atoms with Crippen LogP contribution in [-0.2, 0) is 0 Å². The van der Waals surface area contributed by atoms with Crippen LogP contribution < -0.4 is 0 Å². The van der Waals surface area contributed by atoms with Crippen molar-refractivity contribution in [3.05, 3.63) is 37.7 Å². The number of thiazole rings is 1. The number of halogens is 2. The number of hydrogen-bond acceptors (Lipinski definition) is 3. The van der Waals surface area contributed by atoms with E-state index in [-0.39, 0.29) is 0 Å². The average molecular weight is 403 g/mol. The Labute approximate surface area is 130 Å². The van der Waals surface area contributed by atoms with Crippen LogP contribution in [0.25, 0.3) is 10.6 Å². The van der Waals surface area contributed by atoms with Gasteiger partial charge < -0.3 is 5.11 Å². The van der Waals surface area contributed by atoms with Crippen LogP contribution in [0.4, 0.5) is 0 Å². The quantitative estimate of drug-likeness (QED) is 0.793. The highest BCUT2D eigenvalue weighted by molar-refractivity contribution is 9.13. The van der Waals surface area contributed by atoms with Crippen LogP contribution in [0.5, 0.6) is 0 Å². The highest BCUT2D eigenvalue weighted by Gasteiger charge is 2.32. The Morgan fingerprint density at radius 1 is 1.32 bits per heavy atom. The molecule has 1 aromatic carbocycles. The van der Waals surface area contributed by atoms with Gasteiger partial charge in [-0.1, -0.05) is 6.07 Å². The van der Waals surface area contributed by atoms with Gasteiger partial charge in [-0.05, 0) is 56.8 Å². The monoisotopic (exact) mass is 401 g/mol. The molecule has 0 unspecified atom stereocenters. The van der Waals surface area contributed by atoms with Crippen LogP contribution in [0.15, 0.2) is 27.1 Å². The van der Waals surface area contributed by atoms with Crippen LogP contribution in [0, 0.1) is 0 Å². The molecule has 0 aliphatic heterocycles. The van der Waals surface area contributed by atoms with Crippen molar-refractivity contribution in [3.63, 3.8) is 0 Å². The van der Waals surface area contributed by atoms with E-state index >= 15 is 0 Å². The van der Waals surface area contributed by atoms with E-state index < -0.39 is 5.97 Å². The standard InChI is InChI=1S/C13H9Br2NO2S/c14-8-4-3-7(5-9(8)15)12-16-10(6-1-2-6)11(19-12)13(17)18/h3-6H,1-2H2,(H,17,18). The number of benzene rings is 1. The Kier molecular flexibility index (Phi) is 3.49. The normalized spacial score (nSPS) is 14.6. The van der Waals surface area contributed by atoms with Crippen LogP contribution in [0.3, 0.4) is 0 Å². The number of nitrogens with zero attached hydrogens (tertiary/aromatic N) is 1. The van der Waals surface area contributed by atoms with Gasteiger partial charge in [0.25, 0.3) is 0 Å². The van der Waals surface area contributed by atoms with E-state index in [1.165, 1.54) is 11.3 Å². The molecule has 0 spiro atoms. The molecule has 0 saturated heterocycles. The van der Waals surface area contributed by atoms with Gasteiger partial charge in [-0.25, -0.2) is 9.78 Å². The molecular weight excluding hydrogens is 394 g/mol. The van der Waals surface area contributed by atoms with E-state index in [0.717, 1.165) is 38.1 Å². The molecule has 0 bridgehead atoms. The highest BCUT2D eigenvalue weighted by atomic mass is 79.9. The topological polar surface area (TPSA) is 50.2 Å². The molecule has 0 amide bonds. The molecule has 1 heterocycles. The van der Waals surface area contributed by atoms with Crippen molar-refractivity contribution >= 4 is 49.2 Å². The van der Waals surface area contributed by atoms with Crippen LogP contribution in [0.2, 0.25) is 0 Å². The van der Waals surface area contributed by atoms with E-state index in [0.29, 0.717) is 10.8 Å². The van der Waals surface area contributed by atoms with Crippen molar-refractivity contribution in [2.75, 3.05) is 0 Å². The number of aromatic nitrogens is 1. The summed E-state index contributed by atoms with van der Waals surface area (Å²) in [6, 6.07) is 5.82. The summed E-state index contributed by atoms with van der Waals surface area (Å²) >= 11 is 8.13. The molecule has 3 nitrogen and oxygen atoms in total. The van der Waals surface area contributed by atoms with E-state index in [4.69, 9.17) is 0 Å². The van der Waals surface area contributed by atoms with Crippen LogP contribution >= 0.6 is 43.2 Å². The smallest absolute Gasteiger partial charge is 0.347 e. The lowest BCUT2D eigenvalue weighted by atomic mass is 10.2. The molecular formula is C13H9Br2NO2S. The summed E-state index contributed by atoms with van der Waals surface area (Å²) in [6.45, 7) is 0. The Balaban J connectivity index is 2.07. The highest BCUT2D eigenvalue weighted by Crippen LogP contribution is 2.44.